The van der Waals surface area contributed by atoms with Crippen molar-refractivity contribution >= 4 is 53.2 Å². The third-order valence-electron chi connectivity index (χ3n) is 7.42. The Labute approximate surface area is 281 Å². The number of ether oxygens (including phenoxy) is 1. The van der Waals surface area contributed by atoms with E-state index < -0.39 is 84.9 Å². The highest BCUT2D eigenvalue weighted by molar-refractivity contribution is 6.12. The van der Waals surface area contributed by atoms with Gasteiger partial charge < -0.3 is 42.0 Å². The fraction of sp³-hybridized carbons (Fsp3) is 0.452. The topological polar surface area (TPSA) is 256 Å². The minimum Gasteiger partial charge on any atom is -0.379 e. The summed E-state index contributed by atoms with van der Waals surface area (Å²) in [5.41, 5.74) is 6.03. The van der Waals surface area contributed by atoms with Gasteiger partial charge in [0.1, 0.15) is 12.1 Å². The van der Waals surface area contributed by atoms with E-state index in [2.05, 4.69) is 26.6 Å². The Morgan fingerprint density at radius 1 is 0.796 bits per heavy atom. The summed E-state index contributed by atoms with van der Waals surface area (Å²) in [4.78, 5) is 111. The smallest absolute Gasteiger partial charge is 0.253 e. The molecule has 0 bridgehead atoms. The predicted octanol–water partition coefficient (Wildman–Crippen LogP) is -4.01. The van der Waals surface area contributed by atoms with Crippen LogP contribution in [-0.2, 0) is 54.3 Å². The molecule has 2 heterocycles. The van der Waals surface area contributed by atoms with Gasteiger partial charge in [0.2, 0.25) is 41.4 Å². The first-order chi connectivity index (χ1) is 23.4. The molecular formula is C31H40N8O10. The normalized spacial score (nSPS) is 15.8. The molecule has 49 heavy (non-hydrogen) atoms. The molecule has 0 saturated carbocycles. The summed E-state index contributed by atoms with van der Waals surface area (Å²) >= 11 is 0. The van der Waals surface area contributed by atoms with Gasteiger partial charge in [0.25, 0.3) is 11.8 Å². The van der Waals surface area contributed by atoms with Gasteiger partial charge in [-0.15, -0.1) is 0 Å². The van der Waals surface area contributed by atoms with Crippen LogP contribution in [0.3, 0.4) is 0 Å². The lowest BCUT2D eigenvalue weighted by Gasteiger charge is -2.22. The number of nitrogens with one attached hydrogen (secondary N) is 5. The molecule has 9 amide bonds. The van der Waals surface area contributed by atoms with Gasteiger partial charge >= 0.3 is 0 Å². The van der Waals surface area contributed by atoms with Crippen molar-refractivity contribution in [2.24, 2.45) is 5.73 Å². The van der Waals surface area contributed by atoms with E-state index in [4.69, 9.17) is 10.5 Å². The Kier molecular flexibility index (Phi) is 14.8. The van der Waals surface area contributed by atoms with E-state index in [0.29, 0.717) is 24.9 Å². The summed E-state index contributed by atoms with van der Waals surface area (Å²) < 4.78 is 5.26. The molecule has 0 unspecified atom stereocenters. The second-order valence-corrected chi connectivity index (χ2v) is 11.0. The average molecular weight is 685 g/mol. The van der Waals surface area contributed by atoms with Gasteiger partial charge in [-0.3, -0.25) is 48.1 Å². The van der Waals surface area contributed by atoms with Crippen LogP contribution in [0.2, 0.25) is 0 Å². The number of likely N-dealkylation sites (tertiary alicyclic amines) is 1. The lowest BCUT2D eigenvalue weighted by atomic mass is 10.1. The molecule has 1 fully saturated rings. The number of nitrogens with zero attached hydrogens (tertiary/aromatic N) is 2. The van der Waals surface area contributed by atoms with E-state index in [-0.39, 0.29) is 39.1 Å². The van der Waals surface area contributed by atoms with Crippen LogP contribution in [0.1, 0.15) is 24.8 Å². The fourth-order valence-corrected chi connectivity index (χ4v) is 4.88. The summed E-state index contributed by atoms with van der Waals surface area (Å²) in [6, 6.07) is 6.90. The molecule has 1 saturated heterocycles. The summed E-state index contributed by atoms with van der Waals surface area (Å²) in [5, 5.41) is 12.1. The van der Waals surface area contributed by atoms with Gasteiger partial charge in [-0.25, -0.2) is 0 Å². The monoisotopic (exact) mass is 684 g/mol. The van der Waals surface area contributed by atoms with Gasteiger partial charge in [0, 0.05) is 31.5 Å². The molecule has 0 spiro atoms. The van der Waals surface area contributed by atoms with Crippen molar-refractivity contribution in [1.82, 2.24) is 36.4 Å². The molecule has 7 N–H and O–H groups in total. The van der Waals surface area contributed by atoms with Gasteiger partial charge in [-0.2, -0.15) is 0 Å². The maximum Gasteiger partial charge on any atom is 0.253 e. The molecule has 0 radical (unpaired) electrons. The molecule has 264 valence electrons. The largest absolute Gasteiger partial charge is 0.379 e. The Balaban J connectivity index is 1.36. The second kappa shape index (κ2) is 19.2. The zero-order chi connectivity index (χ0) is 35.8. The van der Waals surface area contributed by atoms with E-state index in [0.717, 1.165) is 17.1 Å². The molecule has 2 aliphatic rings. The molecule has 0 aliphatic carbocycles. The van der Waals surface area contributed by atoms with Crippen molar-refractivity contribution in [3.8, 4) is 0 Å². The summed E-state index contributed by atoms with van der Waals surface area (Å²) in [6.45, 7) is -1.41. The highest BCUT2D eigenvalue weighted by Crippen LogP contribution is 2.16. The quantitative estimate of drug-likeness (QED) is 0.0608. The van der Waals surface area contributed by atoms with Gasteiger partial charge in [0.15, 0.2) is 0 Å². The van der Waals surface area contributed by atoms with Crippen LogP contribution < -0.4 is 32.3 Å². The zero-order valence-electron chi connectivity index (χ0n) is 26.7. The molecule has 3 rings (SSSR count). The number of carbonyl (C=O) groups excluding carboxylic acids is 9. The number of imide groups is 1. The molecule has 0 aromatic heterocycles. The van der Waals surface area contributed by atoms with E-state index in [9.17, 15) is 43.2 Å². The number of rotatable bonds is 19. The molecule has 2 aliphatic heterocycles. The first-order valence-electron chi connectivity index (χ1n) is 15.6. The summed E-state index contributed by atoms with van der Waals surface area (Å²) in [5.74, 6) is -5.23. The number of nitrogens with two attached hydrogens (primary N) is 1. The van der Waals surface area contributed by atoms with Crippen molar-refractivity contribution in [2.75, 3.05) is 52.5 Å². The molecule has 18 heteroatoms. The third kappa shape index (κ3) is 12.8. The van der Waals surface area contributed by atoms with Crippen LogP contribution in [0.4, 0.5) is 0 Å². The van der Waals surface area contributed by atoms with Crippen molar-refractivity contribution < 1.29 is 47.9 Å². The molecule has 18 nitrogen and oxygen atoms in total. The maximum atomic E-state index is 13.0. The van der Waals surface area contributed by atoms with Crippen LogP contribution >= 0.6 is 0 Å². The fourth-order valence-electron chi connectivity index (χ4n) is 4.88. The summed E-state index contributed by atoms with van der Waals surface area (Å²) in [7, 11) is 0. The maximum absolute atomic E-state index is 13.0. The number of carbonyl (C=O) groups is 9. The van der Waals surface area contributed by atoms with Crippen molar-refractivity contribution in [1.29, 1.82) is 0 Å². The van der Waals surface area contributed by atoms with Crippen LogP contribution in [0, 0.1) is 0 Å². The van der Waals surface area contributed by atoms with Crippen LogP contribution in [0.5, 0.6) is 0 Å². The first kappa shape index (κ1) is 37.8. The van der Waals surface area contributed by atoms with Crippen molar-refractivity contribution in [3.05, 3.63) is 48.0 Å². The molecule has 1 aromatic rings. The number of amides is 9. The van der Waals surface area contributed by atoms with E-state index >= 15 is 0 Å². The van der Waals surface area contributed by atoms with Gasteiger partial charge in [-0.05, 0) is 18.4 Å². The molecular weight excluding hydrogens is 644 g/mol. The number of hydrogen-bond acceptors (Lipinski definition) is 10. The second-order valence-electron chi connectivity index (χ2n) is 11.0. The number of hydrogen-bond donors (Lipinski definition) is 6. The Hall–Kier alpha value is -5.65. The van der Waals surface area contributed by atoms with Crippen molar-refractivity contribution in [2.45, 2.75) is 37.8 Å². The van der Waals surface area contributed by atoms with Crippen LogP contribution in [-0.4, -0.2) is 128 Å². The SMILES string of the molecule is NC(=O)[C@@H]1CCCN1C(=O)CNC(=O)CNC(=O)[C@H](Cc1ccccc1)NC(=O)CNC(=O)CNC(=O)CCOCCN1C(=O)C=CC1=O. The minimum absolute atomic E-state index is 0.0137. The van der Waals surface area contributed by atoms with E-state index in [1.54, 1.807) is 30.3 Å². The lowest BCUT2D eigenvalue weighted by Crippen LogP contribution is -2.53. The Bertz CT molecular complexity index is 1430. The molecule has 1 aromatic carbocycles. The highest BCUT2D eigenvalue weighted by atomic mass is 16.5. The van der Waals surface area contributed by atoms with E-state index in [1.807, 2.05) is 0 Å². The van der Waals surface area contributed by atoms with Gasteiger partial charge in [-0.1, -0.05) is 30.3 Å². The zero-order valence-corrected chi connectivity index (χ0v) is 26.7. The highest BCUT2D eigenvalue weighted by Gasteiger charge is 2.32. The lowest BCUT2D eigenvalue weighted by molar-refractivity contribution is -0.138. The van der Waals surface area contributed by atoms with E-state index in [1.165, 1.54) is 4.90 Å². The summed E-state index contributed by atoms with van der Waals surface area (Å²) in [6.07, 6.45) is 3.35. The average Bonchev–Trinajstić information content (AvgIpc) is 3.71. The number of primary amides is 1. The number of benzene rings is 1. The van der Waals surface area contributed by atoms with Crippen molar-refractivity contribution in [3.63, 3.8) is 0 Å². The molecule has 2 atom stereocenters. The Morgan fingerprint density at radius 3 is 2.08 bits per heavy atom. The van der Waals surface area contributed by atoms with Crippen LogP contribution in [0.15, 0.2) is 42.5 Å². The first-order valence-corrected chi connectivity index (χ1v) is 15.6. The predicted molar refractivity (Wildman–Crippen MR) is 169 cm³/mol. The van der Waals surface area contributed by atoms with Crippen LogP contribution in [0.25, 0.3) is 0 Å². The van der Waals surface area contributed by atoms with Gasteiger partial charge in [0.05, 0.1) is 45.9 Å². The Morgan fingerprint density at radius 2 is 1.41 bits per heavy atom. The third-order valence-corrected chi connectivity index (χ3v) is 7.42. The standard InChI is InChI=1S/C31H40N8O10/c32-30(47)22-7-4-11-38(22)29(46)19-35-25(42)17-36-31(48)21(15-20-5-2-1-3-6-20)37-26(43)18-34-24(41)16-33-23(40)10-13-49-14-12-39-27(44)8-9-28(39)45/h1-3,5-6,8-9,21-22H,4,7,10-19H2,(H2,32,47)(H,33,40)(H,34,41)(H,35,42)(H,36,48)(H,37,43)/t21-,22-/m0/s1. The minimum atomic E-state index is -1.13.